The van der Waals surface area contributed by atoms with Crippen molar-refractivity contribution in [3.8, 4) is 11.5 Å². The number of aromatic hydroxyl groups is 1. The number of aryl methyl sites for hydroxylation is 1. The molecule has 4 aromatic carbocycles. The smallest absolute Gasteiger partial charge is 0.294 e. The second kappa shape index (κ2) is 10.3. The van der Waals surface area contributed by atoms with E-state index in [1.54, 1.807) is 42.5 Å². The molecule has 0 spiro atoms. The molecule has 0 unspecified atom stereocenters. The van der Waals surface area contributed by atoms with Gasteiger partial charge in [0.05, 0.1) is 28.3 Å². The fourth-order valence-corrected chi connectivity index (χ4v) is 4.84. The summed E-state index contributed by atoms with van der Waals surface area (Å²) in [5.74, 6) is -0.729. The van der Waals surface area contributed by atoms with Crippen molar-refractivity contribution in [3.05, 3.63) is 81.8 Å². The standard InChI is InChI=1S/C25H19Cl2N3O6S/c1-13-10-15(37(33,34)35)12-18(26)22(13)29-30-23-16-7-4-3-6-14(16)11-17(24(23)31)25(32)28-19-8-5-9-20(36-2)21(19)27/h3-12,31H,1-2H3,(H,28,32)(H,33,34,35). The number of benzene rings is 4. The maximum absolute atomic E-state index is 13.2. The second-order valence-corrected chi connectivity index (χ2v) is 10.1. The van der Waals surface area contributed by atoms with Gasteiger partial charge in [-0.05, 0) is 48.2 Å². The summed E-state index contributed by atoms with van der Waals surface area (Å²) < 4.78 is 37.4. The van der Waals surface area contributed by atoms with Gasteiger partial charge in [0.2, 0.25) is 0 Å². The van der Waals surface area contributed by atoms with Crippen molar-refractivity contribution in [2.45, 2.75) is 11.8 Å². The quantitative estimate of drug-likeness (QED) is 0.170. The molecule has 4 rings (SSSR count). The normalized spacial score (nSPS) is 11.7. The average Bonchev–Trinajstić information content (AvgIpc) is 2.84. The fraction of sp³-hybridized carbons (Fsp3) is 0.0800. The Labute approximate surface area is 222 Å². The Balaban J connectivity index is 1.80. The van der Waals surface area contributed by atoms with Crippen molar-refractivity contribution in [2.75, 3.05) is 12.4 Å². The molecule has 0 aliphatic rings. The zero-order valence-electron chi connectivity index (χ0n) is 19.4. The van der Waals surface area contributed by atoms with Gasteiger partial charge in [0, 0.05) is 5.39 Å². The molecule has 1 amide bonds. The first kappa shape index (κ1) is 26.4. The molecule has 4 aromatic rings. The van der Waals surface area contributed by atoms with Gasteiger partial charge >= 0.3 is 0 Å². The topological polar surface area (TPSA) is 138 Å². The fourth-order valence-electron chi connectivity index (χ4n) is 3.63. The minimum atomic E-state index is -4.47. The summed E-state index contributed by atoms with van der Waals surface area (Å²) in [5, 5.41) is 23.2. The minimum absolute atomic E-state index is 0.00527. The van der Waals surface area contributed by atoms with Crippen molar-refractivity contribution in [2.24, 2.45) is 10.2 Å². The molecule has 37 heavy (non-hydrogen) atoms. The first-order chi connectivity index (χ1) is 17.5. The lowest BCUT2D eigenvalue weighted by atomic mass is 10.0. The van der Waals surface area contributed by atoms with E-state index in [1.807, 2.05) is 0 Å². The minimum Gasteiger partial charge on any atom is -0.505 e. The van der Waals surface area contributed by atoms with Gasteiger partial charge in [0.15, 0.2) is 5.75 Å². The van der Waals surface area contributed by atoms with Crippen LogP contribution in [0.3, 0.4) is 0 Å². The Kier molecular flexibility index (Phi) is 7.37. The molecule has 0 aromatic heterocycles. The number of nitrogens with one attached hydrogen (secondary N) is 1. The number of ether oxygens (including phenoxy) is 1. The number of fused-ring (bicyclic) bond motifs is 1. The molecular formula is C25H19Cl2N3O6S. The molecule has 0 saturated heterocycles. The molecule has 0 aliphatic heterocycles. The largest absolute Gasteiger partial charge is 0.505 e. The van der Waals surface area contributed by atoms with Crippen LogP contribution in [0.25, 0.3) is 10.8 Å². The van der Waals surface area contributed by atoms with E-state index in [0.717, 1.165) is 6.07 Å². The summed E-state index contributed by atoms with van der Waals surface area (Å²) in [6.07, 6.45) is 0. The Bertz CT molecular complexity index is 1670. The van der Waals surface area contributed by atoms with Crippen molar-refractivity contribution >= 4 is 67.1 Å². The highest BCUT2D eigenvalue weighted by atomic mass is 35.5. The lowest BCUT2D eigenvalue weighted by molar-refractivity contribution is 0.102. The Morgan fingerprint density at radius 2 is 1.70 bits per heavy atom. The molecule has 0 aliphatic carbocycles. The van der Waals surface area contributed by atoms with Gasteiger partial charge in [-0.15, -0.1) is 10.2 Å². The van der Waals surface area contributed by atoms with Crippen LogP contribution in [0, 0.1) is 6.92 Å². The maximum Gasteiger partial charge on any atom is 0.294 e. The lowest BCUT2D eigenvalue weighted by Gasteiger charge is -2.13. The van der Waals surface area contributed by atoms with E-state index < -0.39 is 26.7 Å². The van der Waals surface area contributed by atoms with Crippen LogP contribution < -0.4 is 10.1 Å². The molecular weight excluding hydrogens is 541 g/mol. The number of methoxy groups -OCH3 is 1. The van der Waals surface area contributed by atoms with Gasteiger partial charge in [-0.2, -0.15) is 8.42 Å². The number of rotatable bonds is 6. The van der Waals surface area contributed by atoms with E-state index in [2.05, 4.69) is 15.5 Å². The van der Waals surface area contributed by atoms with Crippen LogP contribution in [0.15, 0.2) is 75.8 Å². The second-order valence-electron chi connectivity index (χ2n) is 7.86. The number of carbonyl (C=O) groups is 1. The summed E-state index contributed by atoms with van der Waals surface area (Å²) in [7, 11) is -3.03. The summed E-state index contributed by atoms with van der Waals surface area (Å²) >= 11 is 12.5. The van der Waals surface area contributed by atoms with Crippen LogP contribution >= 0.6 is 23.2 Å². The monoisotopic (exact) mass is 559 g/mol. The van der Waals surface area contributed by atoms with Crippen molar-refractivity contribution in [1.29, 1.82) is 0 Å². The highest BCUT2D eigenvalue weighted by Gasteiger charge is 2.21. The van der Waals surface area contributed by atoms with Crippen molar-refractivity contribution < 1.29 is 27.6 Å². The zero-order valence-corrected chi connectivity index (χ0v) is 21.7. The highest BCUT2D eigenvalue weighted by molar-refractivity contribution is 7.85. The van der Waals surface area contributed by atoms with Crippen LogP contribution in [0.2, 0.25) is 10.0 Å². The molecule has 3 N–H and O–H groups in total. The van der Waals surface area contributed by atoms with Crippen LogP contribution in [-0.4, -0.2) is 31.1 Å². The number of hydrogen-bond donors (Lipinski definition) is 3. The number of anilines is 1. The first-order valence-electron chi connectivity index (χ1n) is 10.6. The van der Waals surface area contributed by atoms with E-state index >= 15 is 0 Å². The van der Waals surface area contributed by atoms with E-state index in [-0.39, 0.29) is 32.7 Å². The molecule has 9 nitrogen and oxygen atoms in total. The number of phenols is 1. The summed E-state index contributed by atoms with van der Waals surface area (Å²) in [6.45, 7) is 1.54. The Morgan fingerprint density at radius 3 is 2.38 bits per heavy atom. The number of azo groups is 1. The first-order valence-corrected chi connectivity index (χ1v) is 12.8. The van der Waals surface area contributed by atoms with Crippen LogP contribution in [0.5, 0.6) is 11.5 Å². The van der Waals surface area contributed by atoms with E-state index in [1.165, 1.54) is 26.2 Å². The molecule has 0 fully saturated rings. The summed E-state index contributed by atoms with van der Waals surface area (Å²) in [6, 6.07) is 15.5. The van der Waals surface area contributed by atoms with Crippen molar-refractivity contribution in [1.82, 2.24) is 0 Å². The van der Waals surface area contributed by atoms with Gasteiger partial charge in [-0.25, -0.2) is 0 Å². The number of hydrogen-bond acceptors (Lipinski definition) is 7. The Morgan fingerprint density at radius 1 is 1.00 bits per heavy atom. The van der Waals surface area contributed by atoms with Gasteiger partial charge in [0.1, 0.15) is 22.1 Å². The van der Waals surface area contributed by atoms with Gasteiger partial charge in [-0.1, -0.05) is 53.5 Å². The van der Waals surface area contributed by atoms with E-state index in [9.17, 15) is 22.9 Å². The van der Waals surface area contributed by atoms with E-state index in [4.69, 9.17) is 27.9 Å². The van der Waals surface area contributed by atoms with E-state index in [0.29, 0.717) is 22.1 Å². The van der Waals surface area contributed by atoms with Crippen molar-refractivity contribution in [3.63, 3.8) is 0 Å². The number of amides is 1. The molecule has 0 bridgehead atoms. The molecule has 12 heteroatoms. The molecule has 190 valence electrons. The molecule has 0 saturated carbocycles. The number of carbonyl (C=O) groups excluding carboxylic acids is 1. The number of halogens is 2. The Hall–Kier alpha value is -3.70. The summed E-state index contributed by atoms with van der Waals surface area (Å²) in [4.78, 5) is 12.8. The highest BCUT2D eigenvalue weighted by Crippen LogP contribution is 2.41. The van der Waals surface area contributed by atoms with Gasteiger partial charge < -0.3 is 15.2 Å². The third-order valence-corrected chi connectivity index (χ3v) is 6.96. The molecule has 0 radical (unpaired) electrons. The predicted molar refractivity (Wildman–Crippen MR) is 142 cm³/mol. The number of phenolic OH excluding ortho intramolecular Hbond substituents is 1. The van der Waals surface area contributed by atoms with Crippen LogP contribution in [-0.2, 0) is 10.1 Å². The zero-order chi connectivity index (χ0) is 26.9. The average molecular weight is 560 g/mol. The SMILES string of the molecule is COc1cccc(NC(=O)c2cc3ccccc3c(N=Nc3c(C)cc(S(=O)(=O)O)cc3Cl)c2O)c1Cl. The van der Waals surface area contributed by atoms with Gasteiger partial charge in [-0.3, -0.25) is 9.35 Å². The predicted octanol–water partition coefficient (Wildman–Crippen LogP) is 7.08. The lowest BCUT2D eigenvalue weighted by Crippen LogP contribution is -2.12. The van der Waals surface area contributed by atoms with Crippen LogP contribution in [0.4, 0.5) is 17.1 Å². The summed E-state index contributed by atoms with van der Waals surface area (Å²) in [5.41, 5.74) is 0.623. The van der Waals surface area contributed by atoms with Gasteiger partial charge in [0.25, 0.3) is 16.0 Å². The number of nitrogens with zero attached hydrogens (tertiary/aromatic N) is 2. The molecule has 0 atom stereocenters. The third kappa shape index (κ3) is 5.37. The molecule has 0 heterocycles. The third-order valence-electron chi connectivity index (χ3n) is 5.45. The maximum atomic E-state index is 13.2. The van der Waals surface area contributed by atoms with Crippen LogP contribution in [0.1, 0.15) is 15.9 Å².